The lowest BCUT2D eigenvalue weighted by molar-refractivity contribution is 0.476. The molecular weight excluding hydrogens is 236 g/mol. The molecule has 0 radical (unpaired) electrons. The topological polar surface area (TPSA) is 49.8 Å². The van der Waals surface area contributed by atoms with Crippen LogP contribution >= 0.6 is 0 Å². The molecule has 1 rings (SSSR count). The zero-order valence-electron chi connectivity index (χ0n) is 13.2. The van der Waals surface area contributed by atoms with Crippen molar-refractivity contribution in [2.45, 2.75) is 65.8 Å². The molecule has 0 aliphatic heterocycles. The summed E-state index contributed by atoms with van der Waals surface area (Å²) in [4.78, 5) is 9.18. The number of hydrogen-bond acceptors (Lipinski definition) is 4. The van der Waals surface area contributed by atoms with Crippen LogP contribution in [0.3, 0.4) is 0 Å². The highest BCUT2D eigenvalue weighted by Crippen LogP contribution is 2.23. The van der Waals surface area contributed by atoms with Gasteiger partial charge in [-0.05, 0) is 26.7 Å². The highest BCUT2D eigenvalue weighted by atomic mass is 15.1. The van der Waals surface area contributed by atoms with Gasteiger partial charge in [-0.1, -0.05) is 27.7 Å². The second kappa shape index (κ2) is 6.73. The van der Waals surface area contributed by atoms with E-state index in [0.29, 0.717) is 5.92 Å². The van der Waals surface area contributed by atoms with Crippen LogP contribution in [0.15, 0.2) is 6.07 Å². The van der Waals surface area contributed by atoms with Gasteiger partial charge < -0.3 is 10.6 Å². The number of anilines is 2. The Morgan fingerprint density at radius 2 is 1.68 bits per heavy atom. The standard InChI is InChI=1S/C15H28N4/c1-7-15(6,8-2)19-13-10-12(16-9-3)17-14(18-13)11(4)5/h10-11H,7-9H2,1-6H3,(H2,16,17,18,19). The number of aromatic nitrogens is 2. The Hall–Kier alpha value is -1.32. The van der Waals surface area contributed by atoms with Gasteiger partial charge in [0.05, 0.1) is 0 Å². The van der Waals surface area contributed by atoms with E-state index in [4.69, 9.17) is 0 Å². The van der Waals surface area contributed by atoms with Crippen molar-refractivity contribution in [2.75, 3.05) is 17.2 Å². The van der Waals surface area contributed by atoms with Crippen LogP contribution in [-0.4, -0.2) is 22.1 Å². The summed E-state index contributed by atoms with van der Waals surface area (Å²) in [5.41, 5.74) is 0.0894. The lowest BCUT2D eigenvalue weighted by Crippen LogP contribution is -2.33. The Kier molecular flexibility index (Phi) is 5.58. The van der Waals surface area contributed by atoms with Crippen LogP contribution in [-0.2, 0) is 0 Å². The van der Waals surface area contributed by atoms with Crippen molar-refractivity contribution in [3.8, 4) is 0 Å². The summed E-state index contributed by atoms with van der Waals surface area (Å²) in [5.74, 6) is 3.03. The van der Waals surface area contributed by atoms with Crippen molar-refractivity contribution in [1.82, 2.24) is 9.97 Å². The van der Waals surface area contributed by atoms with Crippen LogP contribution in [0.4, 0.5) is 11.6 Å². The van der Waals surface area contributed by atoms with Gasteiger partial charge in [-0.25, -0.2) is 9.97 Å². The molecule has 4 nitrogen and oxygen atoms in total. The van der Waals surface area contributed by atoms with E-state index >= 15 is 0 Å². The molecule has 0 saturated heterocycles. The molecule has 4 heteroatoms. The van der Waals surface area contributed by atoms with Gasteiger partial charge in [-0.3, -0.25) is 0 Å². The third kappa shape index (κ3) is 4.37. The van der Waals surface area contributed by atoms with E-state index in [9.17, 15) is 0 Å². The predicted octanol–water partition coefficient (Wildman–Crippen LogP) is 4.02. The average molecular weight is 264 g/mol. The van der Waals surface area contributed by atoms with Crippen LogP contribution in [0.2, 0.25) is 0 Å². The minimum absolute atomic E-state index is 0.0894. The van der Waals surface area contributed by atoms with Crippen molar-refractivity contribution in [3.63, 3.8) is 0 Å². The first kappa shape index (κ1) is 15.7. The first-order chi connectivity index (χ1) is 8.94. The zero-order chi connectivity index (χ0) is 14.5. The van der Waals surface area contributed by atoms with Gasteiger partial charge >= 0.3 is 0 Å². The van der Waals surface area contributed by atoms with Gasteiger partial charge in [0.1, 0.15) is 17.5 Å². The molecule has 1 aromatic rings. The minimum atomic E-state index is 0.0894. The maximum atomic E-state index is 4.63. The van der Waals surface area contributed by atoms with E-state index in [-0.39, 0.29) is 5.54 Å². The van der Waals surface area contributed by atoms with Gasteiger partial charge in [0.25, 0.3) is 0 Å². The van der Waals surface area contributed by atoms with Crippen molar-refractivity contribution in [1.29, 1.82) is 0 Å². The van der Waals surface area contributed by atoms with Crippen LogP contribution in [0.5, 0.6) is 0 Å². The molecule has 0 spiro atoms. The van der Waals surface area contributed by atoms with Gasteiger partial charge in [-0.15, -0.1) is 0 Å². The van der Waals surface area contributed by atoms with Crippen LogP contribution < -0.4 is 10.6 Å². The van der Waals surface area contributed by atoms with E-state index in [1.807, 2.05) is 6.07 Å². The Labute approximate surface area is 117 Å². The zero-order valence-corrected chi connectivity index (χ0v) is 13.2. The second-order valence-corrected chi connectivity index (χ2v) is 5.57. The normalized spacial score (nSPS) is 11.7. The quantitative estimate of drug-likeness (QED) is 0.781. The molecule has 0 unspecified atom stereocenters. The third-order valence-electron chi connectivity index (χ3n) is 3.61. The fraction of sp³-hybridized carbons (Fsp3) is 0.733. The van der Waals surface area contributed by atoms with E-state index < -0.39 is 0 Å². The van der Waals surface area contributed by atoms with Crippen LogP contribution in [0.1, 0.15) is 66.1 Å². The lowest BCUT2D eigenvalue weighted by atomic mass is 9.96. The van der Waals surface area contributed by atoms with E-state index in [1.165, 1.54) is 0 Å². The van der Waals surface area contributed by atoms with E-state index in [2.05, 4.69) is 62.1 Å². The summed E-state index contributed by atoms with van der Waals surface area (Å²) in [5, 5.41) is 6.83. The first-order valence-corrected chi connectivity index (χ1v) is 7.35. The maximum absolute atomic E-state index is 4.63. The predicted molar refractivity (Wildman–Crippen MR) is 82.9 cm³/mol. The minimum Gasteiger partial charge on any atom is -0.370 e. The maximum Gasteiger partial charge on any atom is 0.135 e. The number of nitrogens with zero attached hydrogens (tertiary/aromatic N) is 2. The molecule has 0 aliphatic carbocycles. The van der Waals surface area contributed by atoms with Crippen molar-refractivity contribution >= 4 is 11.6 Å². The molecule has 0 aromatic carbocycles. The highest BCUT2D eigenvalue weighted by Gasteiger charge is 2.20. The van der Waals surface area contributed by atoms with Gasteiger partial charge in [0.15, 0.2) is 0 Å². The molecule has 0 atom stereocenters. The Bertz CT molecular complexity index is 397. The summed E-state index contributed by atoms with van der Waals surface area (Å²) in [6.45, 7) is 13.8. The average Bonchev–Trinajstić information content (AvgIpc) is 2.38. The molecule has 0 amide bonds. The molecule has 1 heterocycles. The number of nitrogens with one attached hydrogen (secondary N) is 2. The molecule has 0 fully saturated rings. The van der Waals surface area contributed by atoms with Crippen molar-refractivity contribution in [2.24, 2.45) is 0 Å². The van der Waals surface area contributed by atoms with Gasteiger partial charge in [0.2, 0.25) is 0 Å². The fourth-order valence-corrected chi connectivity index (χ4v) is 1.80. The van der Waals surface area contributed by atoms with Crippen molar-refractivity contribution in [3.05, 3.63) is 11.9 Å². The smallest absolute Gasteiger partial charge is 0.135 e. The molecule has 2 N–H and O–H groups in total. The first-order valence-electron chi connectivity index (χ1n) is 7.35. The molecule has 108 valence electrons. The third-order valence-corrected chi connectivity index (χ3v) is 3.61. The summed E-state index contributed by atoms with van der Waals surface area (Å²) < 4.78 is 0. The van der Waals surface area contributed by atoms with Gasteiger partial charge in [0, 0.05) is 24.1 Å². The van der Waals surface area contributed by atoms with Gasteiger partial charge in [-0.2, -0.15) is 0 Å². The second-order valence-electron chi connectivity index (χ2n) is 5.57. The summed E-state index contributed by atoms with van der Waals surface area (Å²) in [7, 11) is 0. The number of rotatable bonds is 7. The summed E-state index contributed by atoms with van der Waals surface area (Å²) in [6, 6.07) is 2.00. The van der Waals surface area contributed by atoms with E-state index in [0.717, 1.165) is 36.8 Å². The molecule has 0 saturated carbocycles. The van der Waals surface area contributed by atoms with E-state index in [1.54, 1.807) is 0 Å². The molecule has 0 bridgehead atoms. The van der Waals surface area contributed by atoms with Crippen LogP contribution in [0.25, 0.3) is 0 Å². The monoisotopic (exact) mass is 264 g/mol. The van der Waals surface area contributed by atoms with Crippen molar-refractivity contribution < 1.29 is 0 Å². The highest BCUT2D eigenvalue weighted by molar-refractivity contribution is 5.49. The Balaban J connectivity index is 3.05. The molecule has 1 aromatic heterocycles. The molecular formula is C15H28N4. The SMILES string of the molecule is CCNc1cc(NC(C)(CC)CC)nc(C(C)C)n1. The molecule has 19 heavy (non-hydrogen) atoms. The van der Waals surface area contributed by atoms with Crippen LogP contribution in [0, 0.1) is 0 Å². The number of hydrogen-bond donors (Lipinski definition) is 2. The summed E-state index contributed by atoms with van der Waals surface area (Å²) in [6.07, 6.45) is 2.14. The fourth-order valence-electron chi connectivity index (χ4n) is 1.80. The Morgan fingerprint density at radius 1 is 1.11 bits per heavy atom. The summed E-state index contributed by atoms with van der Waals surface area (Å²) >= 11 is 0. The Morgan fingerprint density at radius 3 is 2.16 bits per heavy atom. The largest absolute Gasteiger partial charge is 0.370 e. The lowest BCUT2D eigenvalue weighted by Gasteiger charge is -2.29. The molecule has 0 aliphatic rings.